The van der Waals surface area contributed by atoms with E-state index in [2.05, 4.69) is 5.32 Å². The van der Waals surface area contributed by atoms with Gasteiger partial charge < -0.3 is 20.4 Å². The molecule has 1 amide bonds. The van der Waals surface area contributed by atoms with E-state index < -0.39 is 0 Å². The smallest absolute Gasteiger partial charge is 0.254 e. The molecule has 1 aromatic carbocycles. The molecule has 0 aliphatic carbocycles. The van der Waals surface area contributed by atoms with Crippen LogP contribution in [0.2, 0.25) is 0 Å². The summed E-state index contributed by atoms with van der Waals surface area (Å²) >= 11 is 0. The molecule has 0 saturated carbocycles. The Balaban J connectivity index is 2.12. The first-order valence-corrected chi connectivity index (χ1v) is 7.16. The monoisotopic (exact) mass is 278 g/mol. The van der Waals surface area contributed by atoms with E-state index in [0.29, 0.717) is 24.7 Å². The van der Waals surface area contributed by atoms with Crippen molar-refractivity contribution in [3.05, 3.63) is 23.8 Å². The average molecular weight is 278 g/mol. The minimum atomic E-state index is -0.147. The van der Waals surface area contributed by atoms with Gasteiger partial charge in [0.2, 0.25) is 0 Å². The highest BCUT2D eigenvalue weighted by Gasteiger charge is 2.22. The first-order valence-electron chi connectivity index (χ1n) is 7.16. The van der Waals surface area contributed by atoms with Crippen LogP contribution < -0.4 is 5.32 Å². The topological polar surface area (TPSA) is 72.8 Å². The number of carbonyl (C=O) groups excluding carboxylic acids is 1. The Morgan fingerprint density at radius 1 is 1.35 bits per heavy atom. The van der Waals surface area contributed by atoms with Crippen LogP contribution in [0.15, 0.2) is 18.2 Å². The first-order chi connectivity index (χ1) is 9.60. The highest BCUT2D eigenvalue weighted by Crippen LogP contribution is 2.22. The molecule has 5 nitrogen and oxygen atoms in total. The van der Waals surface area contributed by atoms with Crippen molar-refractivity contribution in [1.82, 2.24) is 10.2 Å². The van der Waals surface area contributed by atoms with E-state index >= 15 is 0 Å². The molecule has 5 heteroatoms. The number of aromatic hydroxyl groups is 2. The molecule has 110 valence electrons. The van der Waals surface area contributed by atoms with Crippen molar-refractivity contribution in [3.63, 3.8) is 0 Å². The molecule has 1 aliphatic rings. The molecular formula is C15H22N2O3. The minimum Gasteiger partial charge on any atom is -0.508 e. The zero-order valence-electron chi connectivity index (χ0n) is 11.8. The quantitative estimate of drug-likeness (QED) is 0.766. The van der Waals surface area contributed by atoms with Crippen LogP contribution in [0.25, 0.3) is 0 Å². The molecule has 1 saturated heterocycles. The van der Waals surface area contributed by atoms with Crippen LogP contribution in [0, 0.1) is 0 Å². The molecule has 0 spiro atoms. The summed E-state index contributed by atoms with van der Waals surface area (Å²) in [5, 5.41) is 22.4. The molecule has 1 unspecified atom stereocenters. The van der Waals surface area contributed by atoms with Gasteiger partial charge >= 0.3 is 0 Å². The summed E-state index contributed by atoms with van der Waals surface area (Å²) in [5.41, 5.74) is 0.328. The van der Waals surface area contributed by atoms with Crippen molar-refractivity contribution in [2.24, 2.45) is 0 Å². The lowest BCUT2D eigenvalue weighted by molar-refractivity contribution is 0.0741. The van der Waals surface area contributed by atoms with Gasteiger partial charge in [-0.3, -0.25) is 4.79 Å². The number of carbonyl (C=O) groups is 1. The summed E-state index contributed by atoms with van der Waals surface area (Å²) in [4.78, 5) is 14.3. The normalized spacial score (nSPS) is 18.1. The van der Waals surface area contributed by atoms with E-state index in [1.54, 1.807) is 4.90 Å². The Kier molecular flexibility index (Phi) is 4.84. The van der Waals surface area contributed by atoms with Crippen LogP contribution in [0.1, 0.15) is 36.5 Å². The second kappa shape index (κ2) is 6.61. The number of amides is 1. The number of phenolic OH excluding ortho intramolecular Hbond substituents is 2. The average Bonchev–Trinajstić information content (AvgIpc) is 2.89. The van der Waals surface area contributed by atoms with Crippen molar-refractivity contribution in [3.8, 4) is 11.5 Å². The Morgan fingerprint density at radius 3 is 2.60 bits per heavy atom. The van der Waals surface area contributed by atoms with Gasteiger partial charge in [0, 0.05) is 30.8 Å². The predicted octanol–water partition coefficient (Wildman–Crippen LogP) is 1.70. The number of nitrogens with zero attached hydrogens (tertiary/aromatic N) is 1. The van der Waals surface area contributed by atoms with Crippen molar-refractivity contribution in [2.45, 2.75) is 32.2 Å². The number of phenols is 2. The van der Waals surface area contributed by atoms with Crippen LogP contribution in [0.5, 0.6) is 11.5 Å². The molecule has 1 fully saturated rings. The van der Waals surface area contributed by atoms with Crippen molar-refractivity contribution in [2.75, 3.05) is 19.6 Å². The fraction of sp³-hybridized carbons (Fsp3) is 0.533. The Bertz CT molecular complexity index is 450. The summed E-state index contributed by atoms with van der Waals surface area (Å²) in [7, 11) is 0. The van der Waals surface area contributed by atoms with E-state index in [1.807, 2.05) is 6.92 Å². The summed E-state index contributed by atoms with van der Waals surface area (Å²) in [6.45, 7) is 4.38. The van der Waals surface area contributed by atoms with Gasteiger partial charge in [-0.25, -0.2) is 0 Å². The number of hydrogen-bond donors (Lipinski definition) is 3. The number of benzene rings is 1. The van der Waals surface area contributed by atoms with Crippen LogP contribution in [-0.4, -0.2) is 46.7 Å². The lowest BCUT2D eigenvalue weighted by Crippen LogP contribution is -2.41. The molecule has 1 aromatic rings. The van der Waals surface area contributed by atoms with Crippen molar-refractivity contribution in [1.29, 1.82) is 0 Å². The maximum atomic E-state index is 12.5. The molecular weight excluding hydrogens is 256 g/mol. The molecule has 3 N–H and O–H groups in total. The lowest BCUT2D eigenvalue weighted by atomic mass is 10.1. The van der Waals surface area contributed by atoms with Crippen LogP contribution in [0.3, 0.4) is 0 Å². The SMILES string of the molecule is CCCN(CC1CCCN1)C(=O)c1cc(O)cc(O)c1. The highest BCUT2D eigenvalue weighted by molar-refractivity contribution is 5.95. The van der Waals surface area contributed by atoms with Gasteiger partial charge in [0.05, 0.1) is 0 Å². The molecule has 2 rings (SSSR count). The highest BCUT2D eigenvalue weighted by atomic mass is 16.3. The summed E-state index contributed by atoms with van der Waals surface area (Å²) in [6, 6.07) is 4.36. The zero-order chi connectivity index (χ0) is 14.5. The van der Waals surface area contributed by atoms with Crippen LogP contribution in [-0.2, 0) is 0 Å². The molecule has 20 heavy (non-hydrogen) atoms. The summed E-state index contributed by atoms with van der Waals surface area (Å²) in [6.07, 6.45) is 3.10. The van der Waals surface area contributed by atoms with Gasteiger partial charge in [0.1, 0.15) is 11.5 Å². The van der Waals surface area contributed by atoms with Gasteiger partial charge in [0.25, 0.3) is 5.91 Å². The largest absolute Gasteiger partial charge is 0.508 e. The van der Waals surface area contributed by atoms with Gasteiger partial charge in [0.15, 0.2) is 0 Å². The van der Waals surface area contributed by atoms with Gasteiger partial charge in [-0.05, 0) is 37.9 Å². The van der Waals surface area contributed by atoms with E-state index in [1.165, 1.54) is 18.2 Å². The third-order valence-corrected chi connectivity index (χ3v) is 3.53. The number of nitrogens with one attached hydrogen (secondary N) is 1. The zero-order valence-corrected chi connectivity index (χ0v) is 11.8. The second-order valence-corrected chi connectivity index (χ2v) is 5.28. The Morgan fingerprint density at radius 2 is 2.05 bits per heavy atom. The van der Waals surface area contributed by atoms with Crippen molar-refractivity contribution < 1.29 is 15.0 Å². The molecule has 0 radical (unpaired) electrons. The van der Waals surface area contributed by atoms with Crippen LogP contribution in [0.4, 0.5) is 0 Å². The molecule has 1 atom stereocenters. The Hall–Kier alpha value is -1.75. The predicted molar refractivity (Wildman–Crippen MR) is 77.0 cm³/mol. The van der Waals surface area contributed by atoms with E-state index in [4.69, 9.17) is 0 Å². The Labute approximate surface area is 119 Å². The maximum Gasteiger partial charge on any atom is 0.254 e. The first kappa shape index (κ1) is 14.7. The summed E-state index contributed by atoms with van der Waals surface area (Å²) < 4.78 is 0. The fourth-order valence-electron chi connectivity index (χ4n) is 2.63. The number of hydrogen-bond acceptors (Lipinski definition) is 4. The van der Waals surface area contributed by atoms with Crippen molar-refractivity contribution >= 4 is 5.91 Å². The molecule has 0 aromatic heterocycles. The third-order valence-electron chi connectivity index (χ3n) is 3.53. The van der Waals surface area contributed by atoms with E-state index in [-0.39, 0.29) is 17.4 Å². The van der Waals surface area contributed by atoms with E-state index in [0.717, 1.165) is 25.8 Å². The minimum absolute atomic E-state index is 0.0937. The maximum absolute atomic E-state index is 12.5. The van der Waals surface area contributed by atoms with Gasteiger partial charge in [-0.1, -0.05) is 6.92 Å². The second-order valence-electron chi connectivity index (χ2n) is 5.28. The summed E-state index contributed by atoms with van der Waals surface area (Å²) in [5.74, 6) is -0.334. The lowest BCUT2D eigenvalue weighted by Gasteiger charge is -2.25. The fourth-order valence-corrected chi connectivity index (χ4v) is 2.63. The molecule has 1 heterocycles. The standard InChI is InChI=1S/C15H22N2O3/c1-2-6-17(10-12-4-3-5-16-12)15(20)11-7-13(18)9-14(19)8-11/h7-9,12,16,18-19H,2-6,10H2,1H3. The van der Waals surface area contributed by atoms with Gasteiger partial charge in [-0.2, -0.15) is 0 Å². The van der Waals surface area contributed by atoms with Crippen LogP contribution >= 0.6 is 0 Å². The third kappa shape index (κ3) is 3.63. The van der Waals surface area contributed by atoms with E-state index in [9.17, 15) is 15.0 Å². The van der Waals surface area contributed by atoms with Gasteiger partial charge in [-0.15, -0.1) is 0 Å². The molecule has 0 bridgehead atoms. The molecule has 1 aliphatic heterocycles. The number of rotatable bonds is 5.